The zero-order chi connectivity index (χ0) is 19.3. The van der Waals surface area contributed by atoms with Gasteiger partial charge in [0, 0.05) is 43.7 Å². The SMILES string of the molecule is Cc1cc(NCCC(=O)NCc2ccc3c(c2)OCO3)nc(-c2ncc[nH]2)n1. The molecule has 9 heteroatoms. The molecule has 1 aliphatic rings. The molecule has 3 heterocycles. The van der Waals surface area contributed by atoms with Crippen molar-refractivity contribution < 1.29 is 14.3 Å². The van der Waals surface area contributed by atoms with Crippen LogP contribution >= 0.6 is 0 Å². The highest BCUT2D eigenvalue weighted by molar-refractivity contribution is 5.76. The summed E-state index contributed by atoms with van der Waals surface area (Å²) in [7, 11) is 0. The first-order valence-electron chi connectivity index (χ1n) is 8.92. The minimum atomic E-state index is -0.0535. The summed E-state index contributed by atoms with van der Waals surface area (Å²) in [6, 6.07) is 7.46. The maximum absolute atomic E-state index is 12.1. The van der Waals surface area contributed by atoms with Gasteiger partial charge in [-0.1, -0.05) is 6.07 Å². The van der Waals surface area contributed by atoms with Gasteiger partial charge in [0.05, 0.1) is 0 Å². The van der Waals surface area contributed by atoms with Crippen LogP contribution in [0, 0.1) is 6.92 Å². The molecule has 0 aliphatic carbocycles. The Bertz CT molecular complexity index is 974. The fourth-order valence-corrected chi connectivity index (χ4v) is 2.80. The minimum absolute atomic E-state index is 0.0535. The molecule has 0 bridgehead atoms. The molecule has 1 aliphatic heterocycles. The average Bonchev–Trinajstić information content (AvgIpc) is 3.37. The first-order valence-corrected chi connectivity index (χ1v) is 8.92. The van der Waals surface area contributed by atoms with Crippen molar-refractivity contribution in [1.82, 2.24) is 25.3 Å². The van der Waals surface area contributed by atoms with E-state index >= 15 is 0 Å². The van der Waals surface area contributed by atoms with E-state index in [4.69, 9.17) is 9.47 Å². The third-order valence-electron chi connectivity index (χ3n) is 4.15. The normalized spacial score (nSPS) is 12.0. The maximum Gasteiger partial charge on any atom is 0.231 e. The van der Waals surface area contributed by atoms with Gasteiger partial charge in [-0.3, -0.25) is 4.79 Å². The Morgan fingerprint density at radius 2 is 2.11 bits per heavy atom. The van der Waals surface area contributed by atoms with Crippen molar-refractivity contribution in [2.45, 2.75) is 19.9 Å². The average molecular weight is 380 g/mol. The van der Waals surface area contributed by atoms with Crippen molar-refractivity contribution in [2.75, 3.05) is 18.7 Å². The van der Waals surface area contributed by atoms with Crippen LogP contribution in [0.2, 0.25) is 0 Å². The van der Waals surface area contributed by atoms with E-state index in [1.54, 1.807) is 12.4 Å². The summed E-state index contributed by atoms with van der Waals surface area (Å²) in [6.45, 7) is 3.02. The summed E-state index contributed by atoms with van der Waals surface area (Å²) in [6.07, 6.45) is 3.70. The summed E-state index contributed by atoms with van der Waals surface area (Å²) in [5.74, 6) is 3.16. The van der Waals surface area contributed by atoms with Gasteiger partial charge in [-0.05, 0) is 24.6 Å². The standard InChI is InChI=1S/C19H20N6O3/c1-12-8-16(25-19(24-12)18-21-6-7-22-18)20-5-4-17(26)23-10-13-2-3-14-15(9-13)28-11-27-14/h2-3,6-9H,4-5,10-11H2,1H3,(H,21,22)(H,23,26)(H,20,24,25). The molecule has 28 heavy (non-hydrogen) atoms. The number of imidazole rings is 1. The fourth-order valence-electron chi connectivity index (χ4n) is 2.80. The van der Waals surface area contributed by atoms with Crippen molar-refractivity contribution in [1.29, 1.82) is 0 Å². The van der Waals surface area contributed by atoms with Crippen molar-refractivity contribution in [3.8, 4) is 23.1 Å². The van der Waals surface area contributed by atoms with E-state index < -0.39 is 0 Å². The number of aromatic nitrogens is 4. The van der Waals surface area contributed by atoms with Gasteiger partial charge >= 0.3 is 0 Å². The molecule has 0 spiro atoms. The van der Waals surface area contributed by atoms with E-state index in [0.717, 1.165) is 17.0 Å². The molecule has 0 saturated carbocycles. The second-order valence-corrected chi connectivity index (χ2v) is 6.30. The van der Waals surface area contributed by atoms with E-state index in [0.29, 0.717) is 42.7 Å². The maximum atomic E-state index is 12.1. The van der Waals surface area contributed by atoms with E-state index in [2.05, 4.69) is 30.6 Å². The van der Waals surface area contributed by atoms with Crippen LogP contribution in [0.25, 0.3) is 11.6 Å². The van der Waals surface area contributed by atoms with Crippen LogP contribution in [-0.2, 0) is 11.3 Å². The molecule has 9 nitrogen and oxygen atoms in total. The summed E-state index contributed by atoms with van der Waals surface area (Å²) in [5, 5.41) is 6.06. The number of rotatable bonds is 7. The molecule has 0 fully saturated rings. The number of aryl methyl sites for hydroxylation is 1. The van der Waals surface area contributed by atoms with Gasteiger partial charge in [0.25, 0.3) is 0 Å². The Labute approximate surface area is 161 Å². The number of nitrogens with zero attached hydrogens (tertiary/aromatic N) is 3. The first kappa shape index (κ1) is 17.8. The predicted octanol–water partition coefficient (Wildman–Crippen LogP) is 2.02. The third-order valence-corrected chi connectivity index (χ3v) is 4.15. The van der Waals surface area contributed by atoms with Gasteiger partial charge in [-0.25, -0.2) is 15.0 Å². The lowest BCUT2D eigenvalue weighted by atomic mass is 10.2. The molecule has 3 aromatic rings. The molecule has 0 saturated heterocycles. The lowest BCUT2D eigenvalue weighted by Crippen LogP contribution is -2.25. The second kappa shape index (κ2) is 7.95. The lowest BCUT2D eigenvalue weighted by molar-refractivity contribution is -0.121. The molecule has 0 atom stereocenters. The molecular weight excluding hydrogens is 360 g/mol. The predicted molar refractivity (Wildman–Crippen MR) is 102 cm³/mol. The number of nitrogens with one attached hydrogen (secondary N) is 3. The molecule has 1 amide bonds. The van der Waals surface area contributed by atoms with Crippen LogP contribution in [0.5, 0.6) is 11.5 Å². The Kier molecular flexibility index (Phi) is 5.05. The number of carbonyl (C=O) groups is 1. The van der Waals surface area contributed by atoms with Crippen LogP contribution in [0.15, 0.2) is 36.7 Å². The first-order chi connectivity index (χ1) is 13.7. The molecule has 2 aromatic heterocycles. The van der Waals surface area contributed by atoms with Crippen LogP contribution in [0.4, 0.5) is 5.82 Å². The highest BCUT2D eigenvalue weighted by Gasteiger charge is 2.13. The van der Waals surface area contributed by atoms with E-state index in [9.17, 15) is 4.79 Å². The number of anilines is 1. The number of amides is 1. The molecule has 3 N–H and O–H groups in total. The van der Waals surface area contributed by atoms with Crippen molar-refractivity contribution in [3.05, 3.63) is 47.9 Å². The van der Waals surface area contributed by atoms with E-state index in [-0.39, 0.29) is 12.7 Å². The number of carbonyl (C=O) groups excluding carboxylic acids is 1. The van der Waals surface area contributed by atoms with Crippen molar-refractivity contribution in [2.24, 2.45) is 0 Å². The Morgan fingerprint density at radius 3 is 2.96 bits per heavy atom. The molecule has 0 radical (unpaired) electrons. The molecule has 144 valence electrons. The highest BCUT2D eigenvalue weighted by atomic mass is 16.7. The summed E-state index contributed by atoms with van der Waals surface area (Å²) >= 11 is 0. The van der Waals surface area contributed by atoms with Gasteiger partial charge in [0.15, 0.2) is 23.1 Å². The molecule has 4 rings (SSSR count). The summed E-state index contributed by atoms with van der Waals surface area (Å²) in [4.78, 5) is 28.0. The smallest absolute Gasteiger partial charge is 0.231 e. The number of benzene rings is 1. The second-order valence-electron chi connectivity index (χ2n) is 6.30. The minimum Gasteiger partial charge on any atom is -0.454 e. The fraction of sp³-hybridized carbons (Fsp3) is 0.263. The van der Waals surface area contributed by atoms with E-state index in [1.165, 1.54) is 0 Å². The van der Waals surface area contributed by atoms with Crippen LogP contribution in [0.1, 0.15) is 17.7 Å². The van der Waals surface area contributed by atoms with Gasteiger partial charge in [-0.15, -0.1) is 0 Å². The van der Waals surface area contributed by atoms with Crippen molar-refractivity contribution in [3.63, 3.8) is 0 Å². The zero-order valence-corrected chi connectivity index (χ0v) is 15.4. The molecular formula is C19H20N6O3. The van der Waals surface area contributed by atoms with Gasteiger partial charge in [-0.2, -0.15) is 0 Å². The summed E-state index contributed by atoms with van der Waals surface area (Å²) < 4.78 is 10.6. The number of hydrogen-bond acceptors (Lipinski definition) is 7. The summed E-state index contributed by atoms with van der Waals surface area (Å²) in [5.41, 5.74) is 1.77. The Morgan fingerprint density at radius 1 is 1.21 bits per heavy atom. The molecule has 1 aromatic carbocycles. The number of ether oxygens (including phenoxy) is 2. The number of H-pyrrole nitrogens is 1. The van der Waals surface area contributed by atoms with Gasteiger partial charge in [0.1, 0.15) is 5.82 Å². The quantitative estimate of drug-likeness (QED) is 0.574. The van der Waals surface area contributed by atoms with Crippen LogP contribution in [0.3, 0.4) is 0 Å². The lowest BCUT2D eigenvalue weighted by Gasteiger charge is -2.09. The number of aromatic amines is 1. The molecule has 0 unspecified atom stereocenters. The van der Waals surface area contributed by atoms with Crippen LogP contribution < -0.4 is 20.1 Å². The highest BCUT2D eigenvalue weighted by Crippen LogP contribution is 2.32. The number of fused-ring (bicyclic) bond motifs is 1. The number of hydrogen-bond donors (Lipinski definition) is 3. The topological polar surface area (TPSA) is 114 Å². The van der Waals surface area contributed by atoms with Gasteiger partial charge < -0.3 is 25.1 Å². The largest absolute Gasteiger partial charge is 0.454 e. The van der Waals surface area contributed by atoms with Crippen molar-refractivity contribution >= 4 is 11.7 Å². The Balaban J connectivity index is 1.26. The zero-order valence-electron chi connectivity index (χ0n) is 15.4. The van der Waals surface area contributed by atoms with E-state index in [1.807, 2.05) is 31.2 Å². The Hall–Kier alpha value is -3.62. The monoisotopic (exact) mass is 380 g/mol. The van der Waals surface area contributed by atoms with Crippen LogP contribution in [-0.4, -0.2) is 39.2 Å². The van der Waals surface area contributed by atoms with Gasteiger partial charge in [0.2, 0.25) is 12.7 Å². The third kappa shape index (κ3) is 4.20.